The van der Waals surface area contributed by atoms with Crippen molar-refractivity contribution in [3.05, 3.63) is 174 Å². The fraction of sp³-hybridized carbons (Fsp3) is 0.262. The van der Waals surface area contributed by atoms with E-state index in [-0.39, 0.29) is 5.41 Å². The molecule has 4 heteroatoms. The maximum absolute atomic E-state index is 6.78. The maximum Gasteiger partial charge on any atom is 0.164 e. The van der Waals surface area contributed by atoms with E-state index in [0.29, 0.717) is 35.2 Å². The summed E-state index contributed by atoms with van der Waals surface area (Å²) in [5, 5.41) is 2.26. The molecule has 5 saturated carbocycles. The van der Waals surface area contributed by atoms with Gasteiger partial charge in [0.05, 0.1) is 0 Å². The largest absolute Gasteiger partial charge is 0.456 e. The lowest BCUT2D eigenvalue weighted by atomic mass is 9.42. The summed E-state index contributed by atoms with van der Waals surface area (Å²) in [5.41, 5.74) is 17.5. The number of benzene rings is 7. The lowest BCUT2D eigenvalue weighted by molar-refractivity contribution is -0.0397. The molecular weight excluding hydrogens is 791 g/mol. The zero-order chi connectivity index (χ0) is 42.6. The Hall–Kier alpha value is -6.65. The molecule has 0 amide bonds. The van der Waals surface area contributed by atoms with Crippen molar-refractivity contribution in [2.45, 2.75) is 75.5 Å². The summed E-state index contributed by atoms with van der Waals surface area (Å²) in [6, 6.07) is 57.6. The van der Waals surface area contributed by atoms with Crippen molar-refractivity contribution >= 4 is 21.9 Å². The molecule has 6 aliphatic carbocycles. The van der Waals surface area contributed by atoms with Crippen LogP contribution in [-0.4, -0.2) is 15.0 Å². The first-order valence-electron chi connectivity index (χ1n) is 24.4. The molecule has 4 bridgehead atoms. The van der Waals surface area contributed by atoms with Gasteiger partial charge in [0.2, 0.25) is 0 Å². The molecule has 0 atom stereocenters. The molecule has 5 fully saturated rings. The van der Waals surface area contributed by atoms with E-state index in [1.165, 1.54) is 97.4 Å². The lowest BCUT2D eigenvalue weighted by Gasteiger charge is -2.61. The van der Waals surface area contributed by atoms with Crippen molar-refractivity contribution in [3.8, 4) is 67.5 Å². The van der Waals surface area contributed by atoms with Crippen LogP contribution in [0.25, 0.3) is 89.5 Å². The fourth-order valence-corrected chi connectivity index (χ4v) is 14.2. The van der Waals surface area contributed by atoms with Crippen molar-refractivity contribution in [2.24, 2.45) is 23.7 Å². The Morgan fingerprint density at radius 1 is 0.431 bits per heavy atom. The van der Waals surface area contributed by atoms with Gasteiger partial charge in [-0.1, -0.05) is 153 Å². The highest BCUT2D eigenvalue weighted by molar-refractivity contribution is 6.14. The van der Waals surface area contributed by atoms with E-state index in [1.807, 2.05) is 18.2 Å². The van der Waals surface area contributed by atoms with Crippen LogP contribution in [0.4, 0.5) is 0 Å². The van der Waals surface area contributed by atoms with Gasteiger partial charge in [-0.2, -0.15) is 0 Å². The molecule has 0 aliphatic heterocycles. The number of furan rings is 1. The first kappa shape index (κ1) is 37.7. The number of aromatic nitrogens is 3. The van der Waals surface area contributed by atoms with Gasteiger partial charge in [-0.25, -0.2) is 15.0 Å². The van der Waals surface area contributed by atoms with E-state index in [1.54, 1.807) is 16.7 Å². The van der Waals surface area contributed by atoms with Gasteiger partial charge < -0.3 is 4.42 Å². The third-order valence-corrected chi connectivity index (χ3v) is 16.7. The zero-order valence-electron chi connectivity index (χ0n) is 36.7. The van der Waals surface area contributed by atoms with Crippen LogP contribution >= 0.6 is 0 Å². The molecule has 9 aromatic rings. The zero-order valence-corrected chi connectivity index (χ0v) is 36.7. The maximum atomic E-state index is 6.78. The van der Waals surface area contributed by atoms with E-state index >= 15 is 0 Å². The Morgan fingerprint density at radius 2 is 1.00 bits per heavy atom. The van der Waals surface area contributed by atoms with Crippen LogP contribution in [0.2, 0.25) is 0 Å². The summed E-state index contributed by atoms with van der Waals surface area (Å²) >= 11 is 0. The Morgan fingerprint density at radius 3 is 1.71 bits per heavy atom. The Bertz CT molecular complexity index is 3280. The smallest absolute Gasteiger partial charge is 0.164 e. The van der Waals surface area contributed by atoms with Crippen LogP contribution in [0.5, 0.6) is 0 Å². The minimum atomic E-state index is 0.0423. The lowest BCUT2D eigenvalue weighted by Crippen LogP contribution is -2.55. The second-order valence-electron chi connectivity index (χ2n) is 20.1. The van der Waals surface area contributed by atoms with E-state index in [2.05, 4.69) is 140 Å². The van der Waals surface area contributed by atoms with Gasteiger partial charge in [-0.15, -0.1) is 0 Å². The molecule has 0 radical (unpaired) electrons. The van der Waals surface area contributed by atoms with E-state index in [0.717, 1.165) is 50.6 Å². The van der Waals surface area contributed by atoms with E-state index < -0.39 is 0 Å². The number of hydrogen-bond donors (Lipinski definition) is 0. The molecule has 1 spiro atoms. The quantitative estimate of drug-likeness (QED) is 0.167. The van der Waals surface area contributed by atoms with Crippen LogP contribution < -0.4 is 0 Å². The summed E-state index contributed by atoms with van der Waals surface area (Å²) < 4.78 is 6.78. The molecule has 0 saturated heterocycles. The standard InChI is InChI=1S/C61H51N3O/c1-4-12-39(13-5-1)41-22-24-43(25-23-41)59-62-58(42-16-8-3-9-17-42)63-60(64-59)45-27-29-54-52(35-45)56-49(18-11-21-55(56)65-54)51-20-10-19-50-48-28-26-44(40-14-6-2-7-15-40)36-53(48)61(57(50)51)46-31-37-30-38(33-46)34-47(61)32-37/h1,3-5,8-13,16-29,35-38,40,46-47H,2,6-7,14-15,30-34H2. The van der Waals surface area contributed by atoms with Gasteiger partial charge in [0.15, 0.2) is 17.5 Å². The molecule has 6 aliphatic rings. The first-order valence-corrected chi connectivity index (χ1v) is 24.4. The Labute approximate surface area is 380 Å². The molecule has 2 heterocycles. The summed E-state index contributed by atoms with van der Waals surface area (Å²) in [6.07, 6.45) is 13.7. The molecule has 316 valence electrons. The summed E-state index contributed by atoms with van der Waals surface area (Å²) in [6.45, 7) is 0. The summed E-state index contributed by atoms with van der Waals surface area (Å²) in [5.74, 6) is 5.77. The Kier molecular flexibility index (Phi) is 8.52. The highest BCUT2D eigenvalue weighted by Crippen LogP contribution is 2.71. The highest BCUT2D eigenvalue weighted by Gasteiger charge is 2.62. The molecule has 2 aromatic heterocycles. The van der Waals surface area contributed by atoms with Crippen molar-refractivity contribution < 1.29 is 4.42 Å². The van der Waals surface area contributed by atoms with Crippen LogP contribution in [0.3, 0.4) is 0 Å². The van der Waals surface area contributed by atoms with Crippen molar-refractivity contribution in [1.29, 1.82) is 0 Å². The second kappa shape index (κ2) is 14.7. The van der Waals surface area contributed by atoms with Crippen LogP contribution in [0.1, 0.15) is 86.8 Å². The average Bonchev–Trinajstić information content (AvgIpc) is 3.89. The van der Waals surface area contributed by atoms with Crippen molar-refractivity contribution in [3.63, 3.8) is 0 Å². The molecule has 7 aromatic carbocycles. The van der Waals surface area contributed by atoms with Gasteiger partial charge in [0.1, 0.15) is 11.2 Å². The van der Waals surface area contributed by atoms with Crippen LogP contribution in [-0.2, 0) is 5.41 Å². The van der Waals surface area contributed by atoms with Crippen molar-refractivity contribution in [1.82, 2.24) is 15.0 Å². The minimum absolute atomic E-state index is 0.0423. The molecule has 4 nitrogen and oxygen atoms in total. The highest BCUT2D eigenvalue weighted by atomic mass is 16.3. The number of hydrogen-bond acceptors (Lipinski definition) is 4. The van der Waals surface area contributed by atoms with Gasteiger partial charge in [-0.3, -0.25) is 0 Å². The third-order valence-electron chi connectivity index (χ3n) is 16.7. The van der Waals surface area contributed by atoms with Gasteiger partial charge in [0, 0.05) is 32.9 Å². The summed E-state index contributed by atoms with van der Waals surface area (Å²) in [7, 11) is 0. The molecule has 0 unspecified atom stereocenters. The van der Waals surface area contributed by atoms with Crippen molar-refractivity contribution in [2.75, 3.05) is 0 Å². The molecule has 15 rings (SSSR count). The monoisotopic (exact) mass is 841 g/mol. The van der Waals surface area contributed by atoms with Gasteiger partial charge >= 0.3 is 0 Å². The molecular formula is C61H51N3O. The number of fused-ring (bicyclic) bond motifs is 6. The van der Waals surface area contributed by atoms with Crippen LogP contribution in [0.15, 0.2) is 162 Å². The third kappa shape index (κ3) is 5.85. The topological polar surface area (TPSA) is 51.8 Å². The number of nitrogens with zero attached hydrogens (tertiary/aromatic N) is 3. The average molecular weight is 842 g/mol. The van der Waals surface area contributed by atoms with E-state index in [4.69, 9.17) is 19.4 Å². The van der Waals surface area contributed by atoms with E-state index in [9.17, 15) is 0 Å². The molecule has 0 N–H and O–H groups in total. The van der Waals surface area contributed by atoms with Crippen LogP contribution in [0, 0.1) is 23.7 Å². The molecule has 65 heavy (non-hydrogen) atoms. The first-order chi connectivity index (χ1) is 32.2. The summed E-state index contributed by atoms with van der Waals surface area (Å²) in [4.78, 5) is 15.5. The minimum Gasteiger partial charge on any atom is -0.456 e. The Balaban J connectivity index is 0.936. The van der Waals surface area contributed by atoms with Gasteiger partial charge in [-0.05, 0) is 149 Å². The van der Waals surface area contributed by atoms with Gasteiger partial charge in [0.25, 0.3) is 0 Å². The SMILES string of the molecule is c1ccc(-c2ccc(-c3nc(-c4ccccc4)nc(-c4ccc5oc6cccc(-c7cccc8c7C7(c9cc(C%10CCCCC%10)ccc9-8)C8CC9CC(C8)CC7C9)c6c5c4)n3)cc2)cc1. The number of rotatable bonds is 6. The normalized spacial score (nSPS) is 23.1. The second-order valence-corrected chi connectivity index (χ2v) is 20.1. The predicted octanol–water partition coefficient (Wildman–Crippen LogP) is 15.9. The fourth-order valence-electron chi connectivity index (χ4n) is 14.2. The predicted molar refractivity (Wildman–Crippen MR) is 263 cm³/mol.